The Morgan fingerprint density at radius 1 is 1.28 bits per heavy atom. The van der Waals surface area contributed by atoms with Gasteiger partial charge in [-0.15, -0.1) is 0 Å². The van der Waals surface area contributed by atoms with Gasteiger partial charge >= 0.3 is 0 Å². The molecule has 0 aliphatic rings. The number of carbonyl (C=O) groups is 1. The molecule has 1 amide bonds. The van der Waals surface area contributed by atoms with Gasteiger partial charge in [0.15, 0.2) is 0 Å². The van der Waals surface area contributed by atoms with Crippen LogP contribution in [0.3, 0.4) is 0 Å². The van der Waals surface area contributed by atoms with Gasteiger partial charge in [-0.25, -0.2) is 4.98 Å². The number of imidazole rings is 1. The first-order chi connectivity index (χ1) is 14.1. The quantitative estimate of drug-likeness (QED) is 0.579. The van der Waals surface area contributed by atoms with Crippen molar-refractivity contribution in [1.82, 2.24) is 14.9 Å². The molecule has 1 aromatic heterocycles. The summed E-state index contributed by atoms with van der Waals surface area (Å²) >= 11 is 0. The molecule has 6 heteroatoms. The van der Waals surface area contributed by atoms with Gasteiger partial charge < -0.3 is 19.7 Å². The number of nitrogens with one attached hydrogen (secondary N) is 1. The van der Waals surface area contributed by atoms with Gasteiger partial charge in [0.2, 0.25) is 5.91 Å². The van der Waals surface area contributed by atoms with Crippen LogP contribution in [0.1, 0.15) is 16.8 Å². The minimum Gasteiger partial charge on any atom is -0.495 e. The normalized spacial score (nSPS) is 12.1. The molecule has 150 valence electrons. The van der Waals surface area contributed by atoms with Crippen molar-refractivity contribution in [2.24, 2.45) is 0 Å². The number of hydrogen-bond donors (Lipinski definition) is 2. The number of nitrogens with zero attached hydrogens (tertiary/aromatic N) is 2. The highest BCUT2D eigenvalue weighted by Gasteiger charge is 2.11. The Balaban J connectivity index is 1.66. The third kappa shape index (κ3) is 5.56. The van der Waals surface area contributed by atoms with Gasteiger partial charge in [0.05, 0.1) is 37.5 Å². The summed E-state index contributed by atoms with van der Waals surface area (Å²) in [5.41, 5.74) is 3.69. The van der Waals surface area contributed by atoms with Crippen LogP contribution in [0.4, 0.5) is 0 Å². The van der Waals surface area contributed by atoms with E-state index in [2.05, 4.69) is 10.3 Å². The average molecular weight is 391 g/mol. The fraction of sp³-hybridized carbons (Fsp3) is 0.217. The number of methoxy groups -OCH3 is 1. The van der Waals surface area contributed by atoms with Crippen molar-refractivity contribution in [2.75, 3.05) is 13.7 Å². The van der Waals surface area contributed by atoms with Gasteiger partial charge in [0.1, 0.15) is 5.75 Å². The van der Waals surface area contributed by atoms with Crippen molar-refractivity contribution in [3.05, 3.63) is 84.0 Å². The number of aryl methyl sites for hydroxylation is 1. The fourth-order valence-corrected chi connectivity index (χ4v) is 3.05. The van der Waals surface area contributed by atoms with E-state index < -0.39 is 0 Å². The van der Waals surface area contributed by atoms with E-state index in [0.717, 1.165) is 22.5 Å². The van der Waals surface area contributed by atoms with E-state index in [1.165, 1.54) is 6.08 Å². The van der Waals surface area contributed by atoms with Crippen LogP contribution in [-0.4, -0.2) is 40.3 Å². The zero-order valence-electron chi connectivity index (χ0n) is 16.6. The van der Waals surface area contributed by atoms with Gasteiger partial charge in [-0.05, 0) is 42.7 Å². The molecule has 0 aliphatic carbocycles. The number of carbonyl (C=O) groups excluding carboxylic acids is 1. The lowest BCUT2D eigenvalue weighted by Crippen LogP contribution is -2.38. The van der Waals surface area contributed by atoms with E-state index in [9.17, 15) is 9.90 Å². The molecule has 3 aromatic rings. The molecule has 0 saturated heterocycles. The highest BCUT2D eigenvalue weighted by Crippen LogP contribution is 2.25. The Hall–Kier alpha value is -3.38. The van der Waals surface area contributed by atoms with Crippen LogP contribution in [0.15, 0.2) is 67.1 Å². The zero-order chi connectivity index (χ0) is 20.6. The Kier molecular flexibility index (Phi) is 6.81. The monoisotopic (exact) mass is 391 g/mol. The first-order valence-corrected chi connectivity index (χ1v) is 9.41. The van der Waals surface area contributed by atoms with Gasteiger partial charge in [0, 0.05) is 12.3 Å². The van der Waals surface area contributed by atoms with Crippen LogP contribution < -0.4 is 10.1 Å². The molecule has 1 heterocycles. The molecular formula is C23H25N3O3. The smallest absolute Gasteiger partial charge is 0.244 e. The van der Waals surface area contributed by atoms with Crippen LogP contribution >= 0.6 is 0 Å². The third-order valence-electron chi connectivity index (χ3n) is 4.51. The van der Waals surface area contributed by atoms with E-state index in [0.29, 0.717) is 12.2 Å². The Morgan fingerprint density at radius 3 is 2.72 bits per heavy atom. The molecule has 0 bridgehead atoms. The summed E-state index contributed by atoms with van der Waals surface area (Å²) in [4.78, 5) is 16.5. The largest absolute Gasteiger partial charge is 0.495 e. The lowest BCUT2D eigenvalue weighted by Gasteiger charge is -2.15. The molecule has 0 unspecified atom stereocenters. The third-order valence-corrected chi connectivity index (χ3v) is 4.51. The van der Waals surface area contributed by atoms with E-state index in [-0.39, 0.29) is 18.6 Å². The van der Waals surface area contributed by atoms with Crippen molar-refractivity contribution in [1.29, 1.82) is 0 Å². The highest BCUT2D eigenvalue weighted by molar-refractivity contribution is 5.92. The summed E-state index contributed by atoms with van der Waals surface area (Å²) in [7, 11) is 1.61. The predicted molar refractivity (Wildman–Crippen MR) is 113 cm³/mol. The topological polar surface area (TPSA) is 76.4 Å². The van der Waals surface area contributed by atoms with Crippen molar-refractivity contribution in [2.45, 2.75) is 19.4 Å². The zero-order valence-corrected chi connectivity index (χ0v) is 16.6. The second-order valence-electron chi connectivity index (χ2n) is 6.76. The molecule has 6 nitrogen and oxygen atoms in total. The van der Waals surface area contributed by atoms with Crippen LogP contribution in [0.2, 0.25) is 0 Å². The highest BCUT2D eigenvalue weighted by atomic mass is 16.5. The Labute approximate surface area is 170 Å². The number of aromatic nitrogens is 2. The minimum absolute atomic E-state index is 0.124. The van der Waals surface area contributed by atoms with Crippen LogP contribution in [0.5, 0.6) is 5.75 Å². The van der Waals surface area contributed by atoms with Gasteiger partial charge in [0.25, 0.3) is 0 Å². The van der Waals surface area contributed by atoms with Gasteiger partial charge in [-0.2, -0.15) is 0 Å². The Morgan fingerprint density at radius 2 is 2.07 bits per heavy atom. The van der Waals surface area contributed by atoms with Gasteiger partial charge in [-0.1, -0.05) is 36.4 Å². The second kappa shape index (κ2) is 9.71. The summed E-state index contributed by atoms with van der Waals surface area (Å²) in [6.07, 6.45) is 7.41. The summed E-state index contributed by atoms with van der Waals surface area (Å²) in [5.74, 6) is 0.426. The summed E-state index contributed by atoms with van der Waals surface area (Å²) in [6.45, 7) is 1.80. The first-order valence-electron chi connectivity index (χ1n) is 9.41. The van der Waals surface area contributed by atoms with E-state index in [1.807, 2.05) is 66.2 Å². The van der Waals surface area contributed by atoms with Crippen LogP contribution in [0, 0.1) is 6.92 Å². The Bertz CT molecular complexity index is 980. The maximum Gasteiger partial charge on any atom is 0.244 e. The maximum atomic E-state index is 12.3. The molecule has 0 radical (unpaired) electrons. The number of rotatable bonds is 8. The molecule has 0 aliphatic heterocycles. The van der Waals surface area contributed by atoms with Crippen molar-refractivity contribution >= 4 is 12.0 Å². The molecule has 0 saturated carbocycles. The second-order valence-corrected chi connectivity index (χ2v) is 6.76. The summed E-state index contributed by atoms with van der Waals surface area (Å²) in [6, 6.07) is 15.1. The number of ether oxygens (including phenoxy) is 1. The average Bonchev–Trinajstić information content (AvgIpc) is 3.18. The minimum atomic E-state index is -0.337. The standard InChI is InChI=1S/C23H25N3O3/c1-17-14-26(16-24-17)21-10-8-19(13-22(21)29-2)9-11-23(28)25-20(15-27)12-18-6-4-3-5-7-18/h3-11,13-14,16,20,27H,12,15H2,1-2H3,(H,25,28)/t20-/m1/s1. The fourth-order valence-electron chi connectivity index (χ4n) is 3.05. The SMILES string of the molecule is COc1cc(C=CC(=O)N[C@@H](CO)Cc2ccccc2)ccc1-n1cnc(C)c1. The van der Waals surface area contributed by atoms with Crippen molar-refractivity contribution in [3.63, 3.8) is 0 Å². The van der Waals surface area contributed by atoms with E-state index >= 15 is 0 Å². The number of aliphatic hydroxyl groups is 1. The summed E-state index contributed by atoms with van der Waals surface area (Å²) in [5, 5.41) is 12.4. The van der Waals surface area contributed by atoms with Crippen LogP contribution in [-0.2, 0) is 11.2 Å². The number of amides is 1. The van der Waals surface area contributed by atoms with Crippen LogP contribution in [0.25, 0.3) is 11.8 Å². The number of hydrogen-bond acceptors (Lipinski definition) is 4. The predicted octanol–water partition coefficient (Wildman–Crippen LogP) is 2.92. The van der Waals surface area contributed by atoms with E-state index in [4.69, 9.17) is 4.74 Å². The molecular weight excluding hydrogens is 366 g/mol. The maximum absolute atomic E-state index is 12.3. The molecule has 1 atom stereocenters. The summed E-state index contributed by atoms with van der Waals surface area (Å²) < 4.78 is 7.38. The molecule has 2 aromatic carbocycles. The van der Waals surface area contributed by atoms with Gasteiger partial charge in [-0.3, -0.25) is 4.79 Å². The first kappa shape index (κ1) is 20.4. The molecule has 0 spiro atoms. The molecule has 29 heavy (non-hydrogen) atoms. The van der Waals surface area contributed by atoms with E-state index in [1.54, 1.807) is 19.5 Å². The lowest BCUT2D eigenvalue weighted by molar-refractivity contribution is -0.117. The molecule has 2 N–H and O–H groups in total. The number of aliphatic hydroxyl groups excluding tert-OH is 1. The number of benzene rings is 2. The molecule has 3 rings (SSSR count). The van der Waals surface area contributed by atoms with Crippen molar-refractivity contribution < 1.29 is 14.6 Å². The van der Waals surface area contributed by atoms with Crippen molar-refractivity contribution in [3.8, 4) is 11.4 Å². The molecule has 0 fully saturated rings. The lowest BCUT2D eigenvalue weighted by atomic mass is 10.1.